The lowest BCUT2D eigenvalue weighted by atomic mass is 9.78. The summed E-state index contributed by atoms with van der Waals surface area (Å²) in [4.78, 5) is 18.2. The largest absolute Gasteiger partial charge is 0.497 e. The maximum absolute atomic E-state index is 9.10. The van der Waals surface area contributed by atoms with Gasteiger partial charge in [0.2, 0.25) is 0 Å². The highest BCUT2D eigenvalue weighted by Crippen LogP contribution is 2.29. The minimum absolute atomic E-state index is 0.690. The van der Waals surface area contributed by atoms with E-state index in [1.54, 1.807) is 7.11 Å². The van der Waals surface area contributed by atoms with Gasteiger partial charge in [0.25, 0.3) is 0 Å². The molecule has 0 radical (unpaired) electrons. The van der Waals surface area contributed by atoms with Gasteiger partial charge in [-0.1, -0.05) is 26.7 Å². The van der Waals surface area contributed by atoms with Gasteiger partial charge in [0.05, 0.1) is 13.7 Å². The molecule has 0 amide bonds. The van der Waals surface area contributed by atoms with Crippen LogP contribution in [0.2, 0.25) is 0 Å². The Morgan fingerprint density at radius 1 is 1.07 bits per heavy atom. The molecule has 3 N–H and O–H groups in total. The van der Waals surface area contributed by atoms with Gasteiger partial charge in [-0.05, 0) is 55.5 Å². The summed E-state index contributed by atoms with van der Waals surface area (Å²) < 4.78 is 10.9. The van der Waals surface area contributed by atoms with Crippen molar-refractivity contribution in [1.29, 1.82) is 0 Å². The van der Waals surface area contributed by atoms with Crippen LogP contribution in [0.5, 0.6) is 11.5 Å². The molecule has 1 fully saturated rings. The second-order valence-corrected chi connectivity index (χ2v) is 6.82. The predicted molar refractivity (Wildman–Crippen MR) is 102 cm³/mol. The van der Waals surface area contributed by atoms with Gasteiger partial charge in [-0.3, -0.25) is 0 Å². The molecule has 1 aliphatic rings. The highest BCUT2D eigenvalue weighted by atomic mass is 16.5. The normalized spacial score (nSPS) is 21.5. The second-order valence-electron chi connectivity index (χ2n) is 6.82. The zero-order chi connectivity index (χ0) is 20.2. The van der Waals surface area contributed by atoms with Crippen LogP contribution in [-0.4, -0.2) is 48.5 Å². The number of hydrogen-bond acceptors (Lipinski definition) is 5. The molecule has 152 valence electrons. The predicted octanol–water partition coefficient (Wildman–Crippen LogP) is 3.03. The molecule has 0 bridgehead atoms. The van der Waals surface area contributed by atoms with Crippen molar-refractivity contribution < 1.29 is 29.3 Å². The van der Waals surface area contributed by atoms with Crippen LogP contribution < -0.4 is 14.8 Å². The summed E-state index contributed by atoms with van der Waals surface area (Å²) in [5.41, 5.74) is 0. The molecule has 0 spiro atoms. The summed E-state index contributed by atoms with van der Waals surface area (Å²) in [7, 11) is 1.68. The fraction of sp³-hybridized carbons (Fsp3) is 0.600. The quantitative estimate of drug-likeness (QED) is 0.492. The standard InChI is InChI=1S/C18H29NO2.C2H2O4/c1-14-6-4-7-18(15(14)2)19-12-5-13-21-17-10-8-16(20-3)9-11-17;3-1(4)2(5)6/h8-11,14-15,18-19H,4-7,12-13H2,1-3H3;(H,3,4)(H,5,6). The van der Waals surface area contributed by atoms with E-state index in [1.807, 2.05) is 24.3 Å². The van der Waals surface area contributed by atoms with Gasteiger partial charge in [-0.2, -0.15) is 0 Å². The molecular formula is C20H31NO6. The fourth-order valence-electron chi connectivity index (χ4n) is 3.09. The first kappa shape index (κ1) is 22.8. The maximum atomic E-state index is 9.10. The van der Waals surface area contributed by atoms with Gasteiger partial charge in [0, 0.05) is 6.04 Å². The first-order valence-corrected chi connectivity index (χ1v) is 9.31. The first-order valence-electron chi connectivity index (χ1n) is 9.31. The van der Waals surface area contributed by atoms with Gasteiger partial charge >= 0.3 is 11.9 Å². The van der Waals surface area contributed by atoms with Crippen LogP contribution in [0.4, 0.5) is 0 Å². The van der Waals surface area contributed by atoms with E-state index in [1.165, 1.54) is 19.3 Å². The molecule has 1 aromatic rings. The Morgan fingerprint density at radius 2 is 1.67 bits per heavy atom. The lowest BCUT2D eigenvalue weighted by Crippen LogP contribution is -2.41. The van der Waals surface area contributed by atoms with Crippen molar-refractivity contribution >= 4 is 11.9 Å². The Morgan fingerprint density at radius 3 is 2.22 bits per heavy atom. The molecule has 0 heterocycles. The zero-order valence-electron chi connectivity index (χ0n) is 16.3. The monoisotopic (exact) mass is 381 g/mol. The van der Waals surface area contributed by atoms with E-state index in [2.05, 4.69) is 19.2 Å². The number of nitrogens with one attached hydrogen (secondary N) is 1. The topological polar surface area (TPSA) is 105 Å². The Balaban J connectivity index is 0.000000527. The molecule has 7 heteroatoms. The van der Waals surface area contributed by atoms with Crippen LogP contribution in [0.15, 0.2) is 24.3 Å². The molecule has 27 heavy (non-hydrogen) atoms. The molecule has 3 unspecified atom stereocenters. The van der Waals surface area contributed by atoms with Crippen LogP contribution in [0.1, 0.15) is 39.5 Å². The fourth-order valence-corrected chi connectivity index (χ4v) is 3.09. The van der Waals surface area contributed by atoms with E-state index >= 15 is 0 Å². The summed E-state index contributed by atoms with van der Waals surface area (Å²) >= 11 is 0. The number of ether oxygens (including phenoxy) is 2. The van der Waals surface area contributed by atoms with E-state index in [-0.39, 0.29) is 0 Å². The van der Waals surface area contributed by atoms with E-state index in [4.69, 9.17) is 29.3 Å². The number of methoxy groups -OCH3 is 1. The lowest BCUT2D eigenvalue weighted by molar-refractivity contribution is -0.159. The molecule has 0 saturated heterocycles. The van der Waals surface area contributed by atoms with Gasteiger partial charge < -0.3 is 25.0 Å². The van der Waals surface area contributed by atoms with Crippen LogP contribution >= 0.6 is 0 Å². The van der Waals surface area contributed by atoms with Gasteiger partial charge in [0.1, 0.15) is 11.5 Å². The molecule has 1 aromatic carbocycles. The Bertz CT molecular complexity index is 562. The van der Waals surface area contributed by atoms with Crippen molar-refractivity contribution in [2.24, 2.45) is 11.8 Å². The minimum Gasteiger partial charge on any atom is -0.497 e. The van der Waals surface area contributed by atoms with Crippen LogP contribution in [0.25, 0.3) is 0 Å². The summed E-state index contributed by atoms with van der Waals surface area (Å²) in [6, 6.07) is 8.46. The van der Waals surface area contributed by atoms with Crippen molar-refractivity contribution in [3.63, 3.8) is 0 Å². The number of carbonyl (C=O) groups is 2. The van der Waals surface area contributed by atoms with Crippen molar-refractivity contribution in [2.75, 3.05) is 20.3 Å². The van der Waals surface area contributed by atoms with Gasteiger partial charge in [0.15, 0.2) is 0 Å². The molecule has 2 rings (SSSR count). The number of aliphatic carboxylic acids is 2. The SMILES string of the molecule is COc1ccc(OCCCNC2CCCC(C)C2C)cc1.O=C(O)C(=O)O. The molecule has 0 aliphatic heterocycles. The zero-order valence-corrected chi connectivity index (χ0v) is 16.3. The van der Waals surface area contributed by atoms with Crippen LogP contribution in [0.3, 0.4) is 0 Å². The number of benzene rings is 1. The Hall–Kier alpha value is -2.28. The lowest BCUT2D eigenvalue weighted by Gasteiger charge is -2.34. The molecular weight excluding hydrogens is 350 g/mol. The summed E-state index contributed by atoms with van der Waals surface area (Å²) in [6.07, 6.45) is 5.12. The molecule has 0 aromatic heterocycles. The Labute approximate surface area is 160 Å². The van der Waals surface area contributed by atoms with Crippen molar-refractivity contribution in [2.45, 2.75) is 45.6 Å². The van der Waals surface area contributed by atoms with E-state index < -0.39 is 11.9 Å². The third-order valence-electron chi connectivity index (χ3n) is 4.95. The molecule has 1 aliphatic carbocycles. The van der Waals surface area contributed by atoms with Gasteiger partial charge in [-0.25, -0.2) is 9.59 Å². The number of carboxylic acids is 2. The molecule has 7 nitrogen and oxygen atoms in total. The van der Waals surface area contributed by atoms with E-state index in [0.29, 0.717) is 6.04 Å². The van der Waals surface area contributed by atoms with Crippen molar-refractivity contribution in [3.8, 4) is 11.5 Å². The second kappa shape index (κ2) is 12.2. The average molecular weight is 381 g/mol. The van der Waals surface area contributed by atoms with E-state index in [0.717, 1.165) is 42.9 Å². The molecule has 1 saturated carbocycles. The summed E-state index contributed by atoms with van der Waals surface area (Å²) in [5, 5.41) is 18.5. The number of rotatable bonds is 7. The van der Waals surface area contributed by atoms with Crippen LogP contribution in [0, 0.1) is 11.8 Å². The smallest absolute Gasteiger partial charge is 0.414 e. The average Bonchev–Trinajstić information content (AvgIpc) is 2.65. The van der Waals surface area contributed by atoms with Gasteiger partial charge in [-0.15, -0.1) is 0 Å². The first-order chi connectivity index (χ1) is 12.8. The highest BCUT2D eigenvalue weighted by Gasteiger charge is 2.26. The third-order valence-corrected chi connectivity index (χ3v) is 4.95. The maximum Gasteiger partial charge on any atom is 0.414 e. The Kier molecular flexibility index (Phi) is 10.3. The molecule has 3 atom stereocenters. The third kappa shape index (κ3) is 8.77. The highest BCUT2D eigenvalue weighted by molar-refractivity contribution is 6.27. The number of carboxylic acid groups (broad SMARTS) is 2. The van der Waals surface area contributed by atoms with Crippen molar-refractivity contribution in [3.05, 3.63) is 24.3 Å². The number of hydrogen-bond donors (Lipinski definition) is 3. The van der Waals surface area contributed by atoms with Crippen LogP contribution in [-0.2, 0) is 9.59 Å². The minimum atomic E-state index is -1.82. The summed E-state index contributed by atoms with van der Waals surface area (Å²) in [6.45, 7) is 6.56. The van der Waals surface area contributed by atoms with Crippen molar-refractivity contribution in [1.82, 2.24) is 5.32 Å². The summed E-state index contributed by atoms with van der Waals surface area (Å²) in [5.74, 6) is -0.224. The van der Waals surface area contributed by atoms with E-state index in [9.17, 15) is 0 Å².